The molecular formula is C33H50O11. The van der Waals surface area contributed by atoms with E-state index in [-0.39, 0.29) is 54.5 Å². The Morgan fingerprint density at radius 1 is 0.614 bits per heavy atom. The third kappa shape index (κ3) is 4.40. The lowest BCUT2D eigenvalue weighted by atomic mass is 9.58. The molecular weight excluding hydrogens is 572 g/mol. The summed E-state index contributed by atoms with van der Waals surface area (Å²) in [4.78, 5) is 37.4. The summed E-state index contributed by atoms with van der Waals surface area (Å²) < 4.78 is 38.1. The normalized spacial score (nSPS) is 57.6. The van der Waals surface area contributed by atoms with Crippen molar-refractivity contribution in [3.63, 3.8) is 0 Å². The third-order valence-corrected chi connectivity index (χ3v) is 13.0. The summed E-state index contributed by atoms with van der Waals surface area (Å²) in [6, 6.07) is 0. The average molecular weight is 623 g/mol. The summed E-state index contributed by atoms with van der Waals surface area (Å²) in [5, 5.41) is 0. The van der Waals surface area contributed by atoms with E-state index in [0.717, 1.165) is 51.4 Å². The second-order valence-electron chi connectivity index (χ2n) is 15.7. The Morgan fingerprint density at radius 3 is 1.48 bits per heavy atom. The first-order valence-corrected chi connectivity index (χ1v) is 17.1. The summed E-state index contributed by atoms with van der Waals surface area (Å²) in [7, 11) is 0. The van der Waals surface area contributed by atoms with Gasteiger partial charge in [0.2, 0.25) is 11.6 Å². The molecule has 0 amide bonds. The van der Waals surface area contributed by atoms with Crippen LogP contribution in [0.2, 0.25) is 0 Å². The number of ketones is 1. The Kier molecular flexibility index (Phi) is 7.40. The fourth-order valence-electron chi connectivity index (χ4n) is 10.5. The van der Waals surface area contributed by atoms with Gasteiger partial charge in [-0.1, -0.05) is 27.7 Å². The number of carbonyl (C=O) groups is 1. The fourth-order valence-corrected chi connectivity index (χ4v) is 10.5. The van der Waals surface area contributed by atoms with Crippen molar-refractivity contribution in [2.75, 3.05) is 13.2 Å². The van der Waals surface area contributed by atoms with Crippen LogP contribution in [0.25, 0.3) is 0 Å². The number of hydrogen-bond donors (Lipinski definition) is 0. The van der Waals surface area contributed by atoms with Crippen molar-refractivity contribution in [1.29, 1.82) is 0 Å². The van der Waals surface area contributed by atoms with Crippen LogP contribution >= 0.6 is 0 Å². The SMILES string of the molecule is C[C@H]1[C@@H](OCC(=O)CO[C@H]2O[C@@H]3O[C@@]4(C)CC[C@H]5[C@H](C)CC[C@@H]([C@H]2C)[C@@]35OO4)O[C@@H]2O[C@@]3(C)CC[C@H]4[C@H](C)CC[C@@H]1[C@@]24OO3. The van der Waals surface area contributed by atoms with Gasteiger partial charge in [-0.15, -0.1) is 0 Å². The molecule has 0 aromatic carbocycles. The van der Waals surface area contributed by atoms with Crippen LogP contribution in [0.5, 0.6) is 0 Å². The highest BCUT2D eigenvalue weighted by Crippen LogP contribution is 2.62. The molecule has 10 fully saturated rings. The van der Waals surface area contributed by atoms with Crippen LogP contribution in [0.1, 0.15) is 92.9 Å². The van der Waals surface area contributed by atoms with Gasteiger partial charge in [-0.3, -0.25) is 4.79 Å². The number of ether oxygens (including phenoxy) is 6. The molecule has 11 heteroatoms. The van der Waals surface area contributed by atoms with Crippen molar-refractivity contribution < 1.29 is 52.8 Å². The molecule has 10 aliphatic rings. The first-order valence-electron chi connectivity index (χ1n) is 17.1. The molecule has 0 aromatic heterocycles. The molecule has 8 saturated heterocycles. The lowest BCUT2D eigenvalue weighted by molar-refractivity contribution is -0.577. The number of Topliss-reactive ketones (excluding diaryl/α,β-unsaturated/α-hetero) is 1. The molecule has 8 heterocycles. The van der Waals surface area contributed by atoms with Gasteiger partial charge in [-0.05, 0) is 76.0 Å². The minimum absolute atomic E-state index is 0.00413. The molecule has 248 valence electrons. The van der Waals surface area contributed by atoms with Crippen molar-refractivity contribution in [2.24, 2.45) is 47.3 Å². The molecule has 0 radical (unpaired) electrons. The van der Waals surface area contributed by atoms with Crippen molar-refractivity contribution >= 4 is 5.78 Å². The molecule has 8 aliphatic heterocycles. The zero-order valence-electron chi connectivity index (χ0n) is 27.0. The molecule has 0 aromatic rings. The van der Waals surface area contributed by atoms with E-state index in [2.05, 4.69) is 27.7 Å². The Morgan fingerprint density at radius 2 is 1.05 bits per heavy atom. The van der Waals surface area contributed by atoms with Crippen LogP contribution in [-0.4, -0.2) is 66.9 Å². The Labute approximate surface area is 260 Å². The largest absolute Gasteiger partial charge is 0.344 e. The van der Waals surface area contributed by atoms with Crippen LogP contribution in [0.4, 0.5) is 0 Å². The highest BCUT2D eigenvalue weighted by Gasteiger charge is 2.71. The quantitative estimate of drug-likeness (QED) is 0.373. The second-order valence-corrected chi connectivity index (χ2v) is 15.7. The second kappa shape index (κ2) is 10.6. The molecule has 11 nitrogen and oxygen atoms in total. The zero-order chi connectivity index (χ0) is 30.6. The number of rotatable bonds is 6. The van der Waals surface area contributed by atoms with Gasteiger partial charge >= 0.3 is 0 Å². The molecule has 4 bridgehead atoms. The van der Waals surface area contributed by atoms with Crippen LogP contribution in [0.15, 0.2) is 0 Å². The number of hydrogen-bond acceptors (Lipinski definition) is 11. The summed E-state index contributed by atoms with van der Waals surface area (Å²) in [5.41, 5.74) is -1.32. The standard InChI is InChI=1S/C33H50O11/c1-17-7-9-24-19(3)26(37-28-32(24)22(17)11-13-30(5,39-28)41-43-32)35-15-21(34)16-36-27-20(4)25-10-8-18(2)23-12-14-31(6)40-29(38-27)33(23,25)44-42-31/h17-20,22-29H,7-16H2,1-6H3/t17-,18-,19-,20-,22+,23+,24+,25+,26+,27+,28-,29-,30-,31-,32-,33-/m1/s1. The van der Waals surface area contributed by atoms with Crippen LogP contribution in [0.3, 0.4) is 0 Å². The summed E-state index contributed by atoms with van der Waals surface area (Å²) >= 11 is 0. The minimum atomic E-state index is -0.854. The first kappa shape index (κ1) is 30.6. The lowest BCUT2D eigenvalue weighted by Crippen LogP contribution is -2.70. The van der Waals surface area contributed by atoms with E-state index in [9.17, 15) is 4.79 Å². The van der Waals surface area contributed by atoms with Gasteiger partial charge in [0.25, 0.3) is 0 Å². The van der Waals surface area contributed by atoms with Gasteiger partial charge in [0.15, 0.2) is 42.1 Å². The van der Waals surface area contributed by atoms with Crippen LogP contribution < -0.4 is 0 Å². The number of fused-ring (bicyclic) bond motifs is 4. The van der Waals surface area contributed by atoms with Gasteiger partial charge in [0.05, 0.1) is 0 Å². The summed E-state index contributed by atoms with van der Waals surface area (Å²) in [6.45, 7) is 12.4. The van der Waals surface area contributed by atoms with Gasteiger partial charge < -0.3 is 28.4 Å². The molecule has 0 unspecified atom stereocenters. The molecule has 10 rings (SSSR count). The van der Waals surface area contributed by atoms with E-state index in [1.54, 1.807) is 0 Å². The Balaban J connectivity index is 0.917. The topological polar surface area (TPSA) is 109 Å². The predicted molar refractivity (Wildman–Crippen MR) is 151 cm³/mol. The van der Waals surface area contributed by atoms with Crippen molar-refractivity contribution in [3.8, 4) is 0 Å². The first-order chi connectivity index (χ1) is 21.0. The molecule has 2 spiro atoms. The molecule has 2 aliphatic carbocycles. The van der Waals surface area contributed by atoms with Gasteiger partial charge in [-0.2, -0.15) is 0 Å². The van der Waals surface area contributed by atoms with Gasteiger partial charge in [0.1, 0.15) is 13.2 Å². The van der Waals surface area contributed by atoms with Crippen LogP contribution in [-0.2, 0) is 52.8 Å². The molecule has 16 atom stereocenters. The number of carbonyl (C=O) groups excluding carboxylic acids is 1. The maximum absolute atomic E-state index is 13.2. The monoisotopic (exact) mass is 622 g/mol. The van der Waals surface area contributed by atoms with E-state index in [1.807, 2.05) is 13.8 Å². The van der Waals surface area contributed by atoms with Crippen molar-refractivity contribution in [3.05, 3.63) is 0 Å². The highest BCUT2D eigenvalue weighted by atomic mass is 17.3. The van der Waals surface area contributed by atoms with E-state index in [4.69, 9.17) is 48.0 Å². The highest BCUT2D eigenvalue weighted by molar-refractivity contribution is 5.80. The molecule has 2 saturated carbocycles. The summed E-state index contributed by atoms with van der Waals surface area (Å²) in [6.07, 6.45) is 5.17. The van der Waals surface area contributed by atoms with E-state index in [0.29, 0.717) is 11.8 Å². The van der Waals surface area contributed by atoms with E-state index < -0.39 is 47.9 Å². The lowest BCUT2D eigenvalue weighted by Gasteiger charge is -2.60. The van der Waals surface area contributed by atoms with Crippen molar-refractivity contribution in [2.45, 2.75) is 141 Å². The molecule has 0 N–H and O–H groups in total. The Hall–Kier alpha value is -0.730. The molecule has 44 heavy (non-hydrogen) atoms. The smallest absolute Gasteiger partial charge is 0.201 e. The Bertz CT molecular complexity index is 1050. The van der Waals surface area contributed by atoms with Crippen molar-refractivity contribution in [1.82, 2.24) is 0 Å². The average Bonchev–Trinajstić information content (AvgIpc) is 3.37. The minimum Gasteiger partial charge on any atom is -0.344 e. The third-order valence-electron chi connectivity index (χ3n) is 13.0. The van der Waals surface area contributed by atoms with Crippen LogP contribution in [0, 0.1) is 47.3 Å². The summed E-state index contributed by atoms with van der Waals surface area (Å²) in [5.74, 6) is -0.0998. The zero-order valence-corrected chi connectivity index (χ0v) is 27.0. The van der Waals surface area contributed by atoms with E-state index >= 15 is 0 Å². The van der Waals surface area contributed by atoms with Gasteiger partial charge in [-0.25, -0.2) is 19.6 Å². The van der Waals surface area contributed by atoms with Gasteiger partial charge in [0, 0.05) is 36.5 Å². The fraction of sp³-hybridized carbons (Fsp3) is 0.970. The predicted octanol–water partition coefficient (Wildman–Crippen LogP) is 5.00. The maximum Gasteiger partial charge on any atom is 0.201 e. The van der Waals surface area contributed by atoms with E-state index in [1.165, 1.54) is 0 Å². The maximum atomic E-state index is 13.2.